The highest BCUT2D eigenvalue weighted by Gasteiger charge is 2.35. The maximum Gasteiger partial charge on any atom is 0.170 e. The summed E-state index contributed by atoms with van der Waals surface area (Å²) in [5, 5.41) is 3.96. The number of aromatic amines is 1. The van der Waals surface area contributed by atoms with Crippen molar-refractivity contribution < 1.29 is 13.6 Å². The molecule has 1 aliphatic rings. The number of aromatic nitrogens is 1. The highest BCUT2D eigenvalue weighted by Crippen LogP contribution is 2.40. The fraction of sp³-hybridized carbons (Fsp3) is 0.250. The molecule has 2 aromatic carbocycles. The zero-order chi connectivity index (χ0) is 17.9. The van der Waals surface area contributed by atoms with Crippen LogP contribution in [0, 0.1) is 18.6 Å². The van der Waals surface area contributed by atoms with E-state index in [1.54, 1.807) is 18.3 Å². The number of Topliss-reactive ketones (excluding diaryl/α,β-unsaturated/α-hetero) is 1. The van der Waals surface area contributed by atoms with E-state index in [4.69, 9.17) is 0 Å². The van der Waals surface area contributed by atoms with E-state index in [2.05, 4.69) is 10.3 Å². The van der Waals surface area contributed by atoms with Crippen molar-refractivity contribution in [3.05, 3.63) is 53.2 Å². The Morgan fingerprint density at radius 3 is 2.68 bits per heavy atom. The number of nitrogens with one attached hydrogen (secondary N) is 2. The molecule has 0 aliphatic carbocycles. The van der Waals surface area contributed by atoms with Crippen molar-refractivity contribution in [3.63, 3.8) is 0 Å². The normalized spacial score (nSPS) is 16.0. The third-order valence-electron chi connectivity index (χ3n) is 4.76. The second-order valence-electron chi connectivity index (χ2n) is 7.28. The second kappa shape index (κ2) is 5.15. The molecule has 0 spiro atoms. The number of rotatable bonds is 1. The number of para-hydroxylation sites is 1. The summed E-state index contributed by atoms with van der Waals surface area (Å²) in [6, 6.07) is 6.55. The number of halogens is 2. The van der Waals surface area contributed by atoms with Gasteiger partial charge in [-0.1, -0.05) is 18.2 Å². The number of benzene rings is 2. The summed E-state index contributed by atoms with van der Waals surface area (Å²) in [7, 11) is 0. The topological polar surface area (TPSA) is 44.9 Å². The van der Waals surface area contributed by atoms with Gasteiger partial charge in [0.1, 0.15) is 11.6 Å². The maximum atomic E-state index is 15.2. The quantitative estimate of drug-likeness (QED) is 0.639. The van der Waals surface area contributed by atoms with Gasteiger partial charge in [-0.15, -0.1) is 0 Å². The average Bonchev–Trinajstić information content (AvgIpc) is 2.87. The first-order valence-corrected chi connectivity index (χ1v) is 8.19. The summed E-state index contributed by atoms with van der Waals surface area (Å²) in [5.74, 6) is -1.80. The van der Waals surface area contributed by atoms with Crippen LogP contribution < -0.4 is 5.32 Å². The summed E-state index contributed by atoms with van der Waals surface area (Å²) in [5.41, 5.74) is 1.54. The number of carbonyl (C=O) groups excluding carboxylic acids is 1. The number of carbonyl (C=O) groups is 1. The van der Waals surface area contributed by atoms with E-state index in [9.17, 15) is 9.18 Å². The molecule has 0 amide bonds. The lowest BCUT2D eigenvalue weighted by Crippen LogP contribution is -2.39. The second-order valence-corrected chi connectivity index (χ2v) is 7.28. The number of ketones is 1. The van der Waals surface area contributed by atoms with Gasteiger partial charge in [0.25, 0.3) is 0 Å². The van der Waals surface area contributed by atoms with Crippen molar-refractivity contribution in [2.45, 2.75) is 32.7 Å². The van der Waals surface area contributed by atoms with E-state index >= 15 is 4.39 Å². The van der Waals surface area contributed by atoms with Gasteiger partial charge in [0.05, 0.1) is 22.3 Å². The maximum absolute atomic E-state index is 15.2. The van der Waals surface area contributed by atoms with Gasteiger partial charge < -0.3 is 10.3 Å². The van der Waals surface area contributed by atoms with Crippen LogP contribution in [0.1, 0.15) is 36.2 Å². The highest BCUT2D eigenvalue weighted by atomic mass is 19.1. The summed E-state index contributed by atoms with van der Waals surface area (Å²) in [6.45, 7) is 5.59. The van der Waals surface area contributed by atoms with Gasteiger partial charge >= 0.3 is 0 Å². The number of hydrogen-bond acceptors (Lipinski definition) is 2. The number of aryl methyl sites for hydroxylation is 1. The molecule has 3 aromatic rings. The molecule has 1 aliphatic heterocycles. The van der Waals surface area contributed by atoms with E-state index in [0.29, 0.717) is 11.1 Å². The van der Waals surface area contributed by atoms with Crippen molar-refractivity contribution in [1.82, 2.24) is 4.98 Å². The van der Waals surface area contributed by atoms with Crippen LogP contribution >= 0.6 is 0 Å². The summed E-state index contributed by atoms with van der Waals surface area (Å²) in [6.07, 6.45) is 1.96. The van der Waals surface area contributed by atoms with E-state index in [1.807, 2.05) is 26.8 Å². The Morgan fingerprint density at radius 1 is 1.16 bits per heavy atom. The first kappa shape index (κ1) is 15.8. The van der Waals surface area contributed by atoms with Crippen molar-refractivity contribution in [2.75, 3.05) is 5.32 Å². The molecule has 2 N–H and O–H groups in total. The molecule has 128 valence electrons. The van der Waals surface area contributed by atoms with Crippen LogP contribution in [0.4, 0.5) is 14.5 Å². The van der Waals surface area contributed by atoms with Gasteiger partial charge in [-0.3, -0.25) is 4.79 Å². The fourth-order valence-electron chi connectivity index (χ4n) is 3.64. The Balaban J connectivity index is 2.01. The molecule has 0 bridgehead atoms. The molecule has 4 rings (SSSR count). The Morgan fingerprint density at radius 2 is 1.92 bits per heavy atom. The molecule has 0 fully saturated rings. The fourth-order valence-corrected chi connectivity index (χ4v) is 3.64. The van der Waals surface area contributed by atoms with Crippen molar-refractivity contribution >= 4 is 22.4 Å². The number of anilines is 1. The van der Waals surface area contributed by atoms with Crippen molar-refractivity contribution in [3.8, 4) is 11.1 Å². The molecule has 0 saturated heterocycles. The molecule has 2 heterocycles. The van der Waals surface area contributed by atoms with Gasteiger partial charge in [0.2, 0.25) is 0 Å². The monoisotopic (exact) mass is 340 g/mol. The predicted molar refractivity (Wildman–Crippen MR) is 95.0 cm³/mol. The smallest absolute Gasteiger partial charge is 0.170 e. The van der Waals surface area contributed by atoms with Crippen LogP contribution in [0.3, 0.4) is 0 Å². The lowest BCUT2D eigenvalue weighted by Gasteiger charge is -2.33. The Bertz CT molecular complexity index is 1030. The zero-order valence-corrected chi connectivity index (χ0v) is 14.3. The van der Waals surface area contributed by atoms with E-state index in [0.717, 1.165) is 10.9 Å². The molecule has 0 atom stereocenters. The molecular weight excluding hydrogens is 322 g/mol. The largest absolute Gasteiger partial charge is 0.379 e. The van der Waals surface area contributed by atoms with Crippen LogP contribution in [0.25, 0.3) is 22.0 Å². The highest BCUT2D eigenvalue weighted by molar-refractivity contribution is 6.06. The van der Waals surface area contributed by atoms with Gasteiger partial charge in [-0.25, -0.2) is 8.78 Å². The Hall–Kier alpha value is -2.69. The van der Waals surface area contributed by atoms with E-state index in [1.165, 1.54) is 6.07 Å². The number of H-pyrrole nitrogens is 1. The van der Waals surface area contributed by atoms with Crippen LogP contribution in [0.2, 0.25) is 0 Å². The molecule has 0 radical (unpaired) electrons. The zero-order valence-electron chi connectivity index (χ0n) is 14.3. The first-order chi connectivity index (χ1) is 11.8. The van der Waals surface area contributed by atoms with E-state index in [-0.39, 0.29) is 29.0 Å². The van der Waals surface area contributed by atoms with Crippen LogP contribution in [-0.4, -0.2) is 16.3 Å². The first-order valence-electron chi connectivity index (χ1n) is 8.19. The summed E-state index contributed by atoms with van der Waals surface area (Å²) >= 11 is 0. The van der Waals surface area contributed by atoms with Crippen LogP contribution in [0.15, 0.2) is 30.5 Å². The lowest BCUT2D eigenvalue weighted by molar-refractivity contribution is 0.0954. The van der Waals surface area contributed by atoms with Crippen LogP contribution in [0.5, 0.6) is 0 Å². The lowest BCUT2D eigenvalue weighted by atomic mass is 9.86. The van der Waals surface area contributed by atoms with Crippen molar-refractivity contribution in [2.24, 2.45) is 0 Å². The SMILES string of the molecule is Cc1c[nH]c2c(-c3c(F)cc4c(c3F)C(=O)CC(C)(C)N4)cccc12. The van der Waals surface area contributed by atoms with Crippen LogP contribution in [-0.2, 0) is 0 Å². The van der Waals surface area contributed by atoms with Gasteiger partial charge in [0.15, 0.2) is 5.78 Å². The number of hydrogen-bond donors (Lipinski definition) is 2. The Kier molecular flexibility index (Phi) is 3.26. The average molecular weight is 340 g/mol. The third kappa shape index (κ3) is 2.34. The minimum atomic E-state index is -0.803. The third-order valence-corrected chi connectivity index (χ3v) is 4.76. The van der Waals surface area contributed by atoms with Gasteiger partial charge in [0, 0.05) is 29.1 Å². The number of fused-ring (bicyclic) bond motifs is 2. The Labute approximate surface area is 144 Å². The molecule has 0 unspecified atom stereocenters. The summed E-state index contributed by atoms with van der Waals surface area (Å²) in [4.78, 5) is 15.6. The van der Waals surface area contributed by atoms with E-state index < -0.39 is 17.2 Å². The molecule has 3 nitrogen and oxygen atoms in total. The molecular formula is C20H18F2N2O. The van der Waals surface area contributed by atoms with Crippen molar-refractivity contribution in [1.29, 1.82) is 0 Å². The minimum Gasteiger partial charge on any atom is -0.379 e. The minimum absolute atomic E-state index is 0.0593. The molecule has 5 heteroatoms. The standard InChI is InChI=1S/C20H18F2N2O/c1-10-9-23-19-11(10)5-4-6-12(19)16-13(21)7-14-17(18(16)22)15(25)8-20(2,3)24-14/h4-7,9,23-24H,8H2,1-3H3. The predicted octanol–water partition coefficient (Wildman–Crippen LogP) is 5.20. The summed E-state index contributed by atoms with van der Waals surface area (Å²) < 4.78 is 30.1. The van der Waals surface area contributed by atoms with Gasteiger partial charge in [-0.2, -0.15) is 0 Å². The molecule has 0 saturated carbocycles. The molecule has 1 aromatic heterocycles. The molecule has 25 heavy (non-hydrogen) atoms. The van der Waals surface area contributed by atoms with Gasteiger partial charge in [-0.05, 0) is 32.4 Å².